The molecule has 21 heavy (non-hydrogen) atoms. The summed E-state index contributed by atoms with van der Waals surface area (Å²) in [5, 5.41) is 0. The van der Waals surface area contributed by atoms with E-state index < -0.39 is 0 Å². The van der Waals surface area contributed by atoms with E-state index in [9.17, 15) is 4.79 Å². The standard InChI is InChI=1S/C18H17N2O/c21-18(17-9-5-2-6-10-17)14-20-12-11-19(15-20)13-16-7-3-1-4-8-16/h1-12,15H,13-14H2/q+1. The number of carbonyl (C=O) groups is 1. The van der Waals surface area contributed by atoms with E-state index >= 15 is 0 Å². The van der Waals surface area contributed by atoms with Gasteiger partial charge in [0, 0.05) is 5.56 Å². The first-order chi connectivity index (χ1) is 10.3. The third kappa shape index (κ3) is 3.45. The predicted molar refractivity (Wildman–Crippen MR) is 80.9 cm³/mol. The van der Waals surface area contributed by atoms with Gasteiger partial charge >= 0.3 is 0 Å². The zero-order valence-electron chi connectivity index (χ0n) is 11.7. The Balaban J connectivity index is 1.67. The Hall–Kier alpha value is -2.68. The van der Waals surface area contributed by atoms with Crippen molar-refractivity contribution in [3.8, 4) is 0 Å². The normalized spacial score (nSPS) is 10.5. The maximum atomic E-state index is 12.2. The van der Waals surface area contributed by atoms with Crippen molar-refractivity contribution < 1.29 is 9.36 Å². The van der Waals surface area contributed by atoms with E-state index in [0.29, 0.717) is 6.54 Å². The largest absolute Gasteiger partial charge is 0.290 e. The molecule has 0 aliphatic heterocycles. The van der Waals surface area contributed by atoms with Crippen LogP contribution < -0.4 is 4.57 Å². The molecule has 1 aromatic heterocycles. The molecule has 3 rings (SSSR count). The molecule has 0 amide bonds. The zero-order chi connectivity index (χ0) is 14.5. The molecule has 3 heteroatoms. The van der Waals surface area contributed by atoms with Gasteiger partial charge in [-0.2, -0.15) is 0 Å². The van der Waals surface area contributed by atoms with E-state index in [1.807, 2.05) is 71.8 Å². The maximum Gasteiger partial charge on any atom is 0.244 e. The van der Waals surface area contributed by atoms with Gasteiger partial charge in [0.2, 0.25) is 12.1 Å². The highest BCUT2D eigenvalue weighted by molar-refractivity contribution is 5.94. The molecule has 1 heterocycles. The summed E-state index contributed by atoms with van der Waals surface area (Å²) in [6.07, 6.45) is 5.89. The predicted octanol–water partition coefficient (Wildman–Crippen LogP) is 2.71. The summed E-state index contributed by atoms with van der Waals surface area (Å²) in [5.74, 6) is 0.123. The summed E-state index contributed by atoms with van der Waals surface area (Å²) in [6, 6.07) is 19.7. The van der Waals surface area contributed by atoms with Gasteiger partial charge < -0.3 is 0 Å². The fraction of sp³-hybridized carbons (Fsp3) is 0.111. The minimum absolute atomic E-state index is 0.123. The molecule has 2 aromatic carbocycles. The Morgan fingerprint density at radius 3 is 2.33 bits per heavy atom. The van der Waals surface area contributed by atoms with Crippen LogP contribution in [0.25, 0.3) is 0 Å². The minimum Gasteiger partial charge on any atom is -0.290 e. The van der Waals surface area contributed by atoms with Gasteiger partial charge in [0.1, 0.15) is 18.9 Å². The second-order valence-corrected chi connectivity index (χ2v) is 5.03. The van der Waals surface area contributed by atoms with Crippen molar-refractivity contribution in [3.63, 3.8) is 0 Å². The number of benzene rings is 2. The Labute approximate surface area is 124 Å². The molecular weight excluding hydrogens is 260 g/mol. The van der Waals surface area contributed by atoms with E-state index in [1.165, 1.54) is 5.56 Å². The van der Waals surface area contributed by atoms with Crippen LogP contribution in [-0.4, -0.2) is 10.4 Å². The number of Topliss-reactive ketones (excluding diaryl/α,β-unsaturated/α-hetero) is 1. The first-order valence-corrected chi connectivity index (χ1v) is 6.98. The fourth-order valence-corrected chi connectivity index (χ4v) is 2.30. The van der Waals surface area contributed by atoms with Crippen LogP contribution in [0.5, 0.6) is 0 Å². The maximum absolute atomic E-state index is 12.2. The van der Waals surface area contributed by atoms with Gasteiger partial charge in [-0.3, -0.25) is 4.79 Å². The van der Waals surface area contributed by atoms with Crippen LogP contribution in [0, 0.1) is 0 Å². The molecule has 0 spiro atoms. The summed E-state index contributed by atoms with van der Waals surface area (Å²) >= 11 is 0. The summed E-state index contributed by atoms with van der Waals surface area (Å²) in [7, 11) is 0. The molecule has 0 aliphatic rings. The van der Waals surface area contributed by atoms with Crippen LogP contribution in [0.3, 0.4) is 0 Å². The molecule has 0 N–H and O–H groups in total. The van der Waals surface area contributed by atoms with Gasteiger partial charge in [0.05, 0.1) is 0 Å². The van der Waals surface area contributed by atoms with Crippen molar-refractivity contribution in [2.75, 3.05) is 0 Å². The van der Waals surface area contributed by atoms with Crippen LogP contribution >= 0.6 is 0 Å². The Morgan fingerprint density at radius 2 is 1.62 bits per heavy atom. The van der Waals surface area contributed by atoms with E-state index in [0.717, 1.165) is 12.1 Å². The topological polar surface area (TPSA) is 25.9 Å². The van der Waals surface area contributed by atoms with Crippen LogP contribution in [0.2, 0.25) is 0 Å². The Morgan fingerprint density at radius 1 is 0.952 bits per heavy atom. The summed E-state index contributed by atoms with van der Waals surface area (Å²) in [4.78, 5) is 12.2. The van der Waals surface area contributed by atoms with Crippen LogP contribution in [0.1, 0.15) is 15.9 Å². The summed E-state index contributed by atoms with van der Waals surface area (Å²) in [6.45, 7) is 1.18. The van der Waals surface area contributed by atoms with Gasteiger partial charge in [0.25, 0.3) is 0 Å². The molecule has 0 radical (unpaired) electrons. The molecule has 0 saturated heterocycles. The highest BCUT2D eigenvalue weighted by atomic mass is 16.1. The number of hydrogen-bond donors (Lipinski definition) is 0. The lowest BCUT2D eigenvalue weighted by molar-refractivity contribution is -0.682. The molecule has 0 unspecified atom stereocenters. The third-order valence-electron chi connectivity index (χ3n) is 3.38. The first kappa shape index (κ1) is 13.3. The third-order valence-corrected chi connectivity index (χ3v) is 3.38. The molecule has 104 valence electrons. The van der Waals surface area contributed by atoms with E-state index in [4.69, 9.17) is 0 Å². The Bertz CT molecular complexity index is 717. The second-order valence-electron chi connectivity index (χ2n) is 5.03. The van der Waals surface area contributed by atoms with Gasteiger partial charge in [-0.1, -0.05) is 60.7 Å². The highest BCUT2D eigenvalue weighted by Gasteiger charge is 2.11. The SMILES string of the molecule is O=C(C[n+]1ccn(Cc2ccccc2)c1)c1ccccc1. The zero-order valence-corrected chi connectivity index (χ0v) is 11.7. The lowest BCUT2D eigenvalue weighted by Crippen LogP contribution is -2.35. The molecule has 0 atom stereocenters. The van der Waals surface area contributed by atoms with Crippen molar-refractivity contribution in [1.29, 1.82) is 0 Å². The van der Waals surface area contributed by atoms with Gasteiger partial charge in [0.15, 0.2) is 6.54 Å². The van der Waals surface area contributed by atoms with E-state index in [1.54, 1.807) is 0 Å². The van der Waals surface area contributed by atoms with Gasteiger partial charge in [-0.05, 0) is 5.56 Å². The van der Waals surface area contributed by atoms with E-state index in [2.05, 4.69) is 16.7 Å². The number of nitrogens with zero attached hydrogens (tertiary/aromatic N) is 2. The average molecular weight is 277 g/mol. The lowest BCUT2D eigenvalue weighted by Gasteiger charge is -1.98. The van der Waals surface area contributed by atoms with Crippen LogP contribution in [-0.2, 0) is 13.1 Å². The number of imidazole rings is 1. The number of ketones is 1. The van der Waals surface area contributed by atoms with Crippen molar-refractivity contribution in [3.05, 3.63) is 90.5 Å². The van der Waals surface area contributed by atoms with Gasteiger partial charge in [-0.15, -0.1) is 0 Å². The second kappa shape index (κ2) is 6.18. The number of aromatic nitrogens is 2. The number of hydrogen-bond acceptors (Lipinski definition) is 1. The summed E-state index contributed by atoms with van der Waals surface area (Å²) in [5.41, 5.74) is 2.00. The molecular formula is C18H17N2O+. The van der Waals surface area contributed by atoms with E-state index in [-0.39, 0.29) is 5.78 Å². The molecule has 0 saturated carbocycles. The lowest BCUT2D eigenvalue weighted by atomic mass is 10.1. The molecule has 0 bridgehead atoms. The quantitative estimate of drug-likeness (QED) is 0.520. The smallest absolute Gasteiger partial charge is 0.244 e. The van der Waals surface area contributed by atoms with Crippen molar-refractivity contribution in [1.82, 2.24) is 4.57 Å². The average Bonchev–Trinajstić information content (AvgIpc) is 2.96. The van der Waals surface area contributed by atoms with Crippen LogP contribution in [0.15, 0.2) is 79.4 Å². The fourth-order valence-electron chi connectivity index (χ4n) is 2.30. The highest BCUT2D eigenvalue weighted by Crippen LogP contribution is 2.02. The van der Waals surface area contributed by atoms with Crippen molar-refractivity contribution >= 4 is 5.78 Å². The monoisotopic (exact) mass is 277 g/mol. The van der Waals surface area contributed by atoms with Crippen molar-refractivity contribution in [2.24, 2.45) is 0 Å². The first-order valence-electron chi connectivity index (χ1n) is 6.98. The molecule has 0 aliphatic carbocycles. The molecule has 3 aromatic rings. The summed E-state index contributed by atoms with van der Waals surface area (Å²) < 4.78 is 3.99. The minimum atomic E-state index is 0.123. The molecule has 3 nitrogen and oxygen atoms in total. The Kier molecular flexibility index (Phi) is 3.92. The molecule has 0 fully saturated rings. The van der Waals surface area contributed by atoms with Gasteiger partial charge in [-0.25, -0.2) is 9.13 Å². The van der Waals surface area contributed by atoms with Crippen molar-refractivity contribution in [2.45, 2.75) is 13.1 Å². The van der Waals surface area contributed by atoms with Crippen LogP contribution in [0.4, 0.5) is 0 Å². The number of rotatable bonds is 5. The number of carbonyl (C=O) groups excluding carboxylic acids is 1.